The molecule has 0 aliphatic rings. The number of halogens is 2. The molecule has 1 aromatic rings. The van der Waals surface area contributed by atoms with Crippen molar-refractivity contribution in [1.82, 2.24) is 5.32 Å². The summed E-state index contributed by atoms with van der Waals surface area (Å²) in [5.74, 6) is -2.24. The standard InChI is InChI=1S/C11H11ClFNO3/c1-17-11(16)10(15)14-5-4-7-2-3-9(13)8(12)6-7/h2-3,6H,4-5H2,1H3,(H,14,15). The Hall–Kier alpha value is -1.62. The maximum atomic E-state index is 12.8. The number of hydrogen-bond acceptors (Lipinski definition) is 3. The highest BCUT2D eigenvalue weighted by molar-refractivity contribution is 6.32. The van der Waals surface area contributed by atoms with Gasteiger partial charge in [0.15, 0.2) is 0 Å². The summed E-state index contributed by atoms with van der Waals surface area (Å²) < 4.78 is 17.1. The number of benzene rings is 1. The molecule has 0 radical (unpaired) electrons. The topological polar surface area (TPSA) is 55.4 Å². The third-order valence-corrected chi connectivity index (χ3v) is 2.34. The number of nitrogens with one attached hydrogen (secondary N) is 1. The number of amides is 1. The number of carbonyl (C=O) groups is 2. The van der Waals surface area contributed by atoms with Crippen LogP contribution in [0.3, 0.4) is 0 Å². The first-order valence-corrected chi connectivity index (χ1v) is 5.22. The van der Waals surface area contributed by atoms with Crippen molar-refractivity contribution < 1.29 is 18.7 Å². The van der Waals surface area contributed by atoms with Gasteiger partial charge in [-0.15, -0.1) is 0 Å². The van der Waals surface area contributed by atoms with E-state index >= 15 is 0 Å². The first-order valence-electron chi connectivity index (χ1n) is 4.84. The molecule has 0 aliphatic carbocycles. The minimum absolute atomic E-state index is 0.0294. The van der Waals surface area contributed by atoms with Gasteiger partial charge in [-0.25, -0.2) is 9.18 Å². The van der Waals surface area contributed by atoms with Gasteiger partial charge in [-0.1, -0.05) is 17.7 Å². The van der Waals surface area contributed by atoms with Crippen LogP contribution in [0.5, 0.6) is 0 Å². The molecular formula is C11H11ClFNO3. The number of hydrogen-bond donors (Lipinski definition) is 1. The van der Waals surface area contributed by atoms with E-state index < -0.39 is 17.7 Å². The van der Waals surface area contributed by atoms with Crippen LogP contribution < -0.4 is 5.32 Å². The van der Waals surface area contributed by atoms with Crippen molar-refractivity contribution >= 4 is 23.5 Å². The summed E-state index contributed by atoms with van der Waals surface area (Å²) in [5, 5.41) is 2.40. The van der Waals surface area contributed by atoms with Crippen LogP contribution in [0.15, 0.2) is 18.2 Å². The summed E-state index contributed by atoms with van der Waals surface area (Å²) in [6.45, 7) is 0.246. The highest BCUT2D eigenvalue weighted by atomic mass is 35.5. The van der Waals surface area contributed by atoms with Crippen LogP contribution in [0.2, 0.25) is 5.02 Å². The van der Waals surface area contributed by atoms with Gasteiger partial charge in [-0.3, -0.25) is 4.79 Å². The predicted molar refractivity (Wildman–Crippen MR) is 60.1 cm³/mol. The molecular weight excluding hydrogens is 249 g/mol. The van der Waals surface area contributed by atoms with Gasteiger partial charge in [0.1, 0.15) is 5.82 Å². The molecule has 0 heterocycles. The van der Waals surface area contributed by atoms with E-state index in [-0.39, 0.29) is 11.6 Å². The first-order chi connectivity index (χ1) is 8.04. The van der Waals surface area contributed by atoms with Crippen molar-refractivity contribution in [1.29, 1.82) is 0 Å². The maximum absolute atomic E-state index is 12.8. The second-order valence-corrected chi connectivity index (χ2v) is 3.65. The lowest BCUT2D eigenvalue weighted by molar-refractivity contribution is -0.152. The van der Waals surface area contributed by atoms with Gasteiger partial charge in [0.25, 0.3) is 0 Å². The Morgan fingerprint density at radius 3 is 2.76 bits per heavy atom. The molecule has 0 atom stereocenters. The average Bonchev–Trinajstić information content (AvgIpc) is 2.32. The summed E-state index contributed by atoms with van der Waals surface area (Å²) in [6.07, 6.45) is 0.447. The normalized spacial score (nSPS) is 9.82. The summed E-state index contributed by atoms with van der Waals surface area (Å²) in [7, 11) is 1.13. The lowest BCUT2D eigenvalue weighted by atomic mass is 10.1. The van der Waals surface area contributed by atoms with Gasteiger partial charge >= 0.3 is 11.9 Å². The lowest BCUT2D eigenvalue weighted by Crippen LogP contribution is -2.33. The lowest BCUT2D eigenvalue weighted by Gasteiger charge is -2.04. The van der Waals surface area contributed by atoms with Crippen molar-refractivity contribution in [2.45, 2.75) is 6.42 Å². The fourth-order valence-corrected chi connectivity index (χ4v) is 1.38. The fraction of sp³-hybridized carbons (Fsp3) is 0.273. The summed E-state index contributed by atoms with van der Waals surface area (Å²) >= 11 is 5.59. The molecule has 0 saturated carbocycles. The van der Waals surface area contributed by atoms with Crippen LogP contribution in [0.25, 0.3) is 0 Å². The van der Waals surface area contributed by atoms with Crippen LogP contribution in [0.4, 0.5) is 4.39 Å². The zero-order chi connectivity index (χ0) is 12.8. The Bertz CT molecular complexity index is 437. The van der Waals surface area contributed by atoms with Crippen molar-refractivity contribution in [3.63, 3.8) is 0 Å². The minimum atomic E-state index is -0.942. The Kier molecular flexibility index (Phi) is 4.90. The van der Waals surface area contributed by atoms with Gasteiger partial charge in [0.05, 0.1) is 12.1 Å². The SMILES string of the molecule is COC(=O)C(=O)NCCc1ccc(F)c(Cl)c1. The third-order valence-electron chi connectivity index (χ3n) is 2.05. The van der Waals surface area contributed by atoms with E-state index in [9.17, 15) is 14.0 Å². The Morgan fingerprint density at radius 2 is 2.18 bits per heavy atom. The molecule has 1 amide bonds. The van der Waals surface area contributed by atoms with E-state index in [4.69, 9.17) is 11.6 Å². The van der Waals surface area contributed by atoms with E-state index in [0.29, 0.717) is 6.42 Å². The molecule has 0 aliphatic heterocycles. The molecule has 0 fully saturated rings. The van der Waals surface area contributed by atoms with E-state index in [1.807, 2.05) is 0 Å². The van der Waals surface area contributed by atoms with Crippen molar-refractivity contribution in [2.24, 2.45) is 0 Å². The molecule has 1 N–H and O–H groups in total. The van der Waals surface area contributed by atoms with Crippen LogP contribution in [0, 0.1) is 5.82 Å². The molecule has 92 valence electrons. The van der Waals surface area contributed by atoms with E-state index in [0.717, 1.165) is 12.7 Å². The van der Waals surface area contributed by atoms with Crippen molar-refractivity contribution in [2.75, 3.05) is 13.7 Å². The van der Waals surface area contributed by atoms with E-state index in [1.54, 1.807) is 6.07 Å². The van der Waals surface area contributed by atoms with Gasteiger partial charge in [0, 0.05) is 6.54 Å². The summed E-state index contributed by atoms with van der Waals surface area (Å²) in [6, 6.07) is 4.28. The zero-order valence-electron chi connectivity index (χ0n) is 9.13. The predicted octanol–water partition coefficient (Wildman–Crippen LogP) is 1.31. The van der Waals surface area contributed by atoms with Crippen LogP contribution >= 0.6 is 11.6 Å². The molecule has 4 nitrogen and oxygen atoms in total. The van der Waals surface area contributed by atoms with Crippen LogP contribution in [0.1, 0.15) is 5.56 Å². The second kappa shape index (κ2) is 6.20. The largest absolute Gasteiger partial charge is 0.462 e. The number of esters is 1. The maximum Gasteiger partial charge on any atom is 0.396 e. The molecule has 0 unspecified atom stereocenters. The fourth-order valence-electron chi connectivity index (χ4n) is 1.18. The number of methoxy groups -OCH3 is 1. The highest BCUT2D eigenvalue weighted by Crippen LogP contribution is 2.15. The molecule has 6 heteroatoms. The van der Waals surface area contributed by atoms with Crippen molar-refractivity contribution in [3.8, 4) is 0 Å². The van der Waals surface area contributed by atoms with Gasteiger partial charge in [-0.05, 0) is 24.1 Å². The minimum Gasteiger partial charge on any atom is -0.462 e. The second-order valence-electron chi connectivity index (χ2n) is 3.25. The molecule has 0 saturated heterocycles. The van der Waals surface area contributed by atoms with Crippen molar-refractivity contribution in [3.05, 3.63) is 34.6 Å². The highest BCUT2D eigenvalue weighted by Gasteiger charge is 2.12. The molecule has 1 rings (SSSR count). The van der Waals surface area contributed by atoms with E-state index in [1.165, 1.54) is 12.1 Å². The zero-order valence-corrected chi connectivity index (χ0v) is 9.88. The van der Waals surface area contributed by atoms with Gasteiger partial charge in [-0.2, -0.15) is 0 Å². The Labute approximate surface area is 103 Å². The quantitative estimate of drug-likeness (QED) is 0.658. The molecule has 0 spiro atoms. The molecule has 1 aromatic carbocycles. The molecule has 0 aromatic heterocycles. The summed E-state index contributed by atoms with van der Waals surface area (Å²) in [4.78, 5) is 21.8. The first kappa shape index (κ1) is 13.4. The van der Waals surface area contributed by atoms with Gasteiger partial charge < -0.3 is 10.1 Å². The van der Waals surface area contributed by atoms with Crippen LogP contribution in [-0.2, 0) is 20.7 Å². The summed E-state index contributed by atoms with van der Waals surface area (Å²) in [5.41, 5.74) is 0.765. The average molecular weight is 260 g/mol. The van der Waals surface area contributed by atoms with E-state index in [2.05, 4.69) is 10.1 Å². The smallest absolute Gasteiger partial charge is 0.396 e. The third kappa shape index (κ3) is 4.03. The number of ether oxygens (including phenoxy) is 1. The number of carbonyl (C=O) groups excluding carboxylic acids is 2. The molecule has 0 bridgehead atoms. The Morgan fingerprint density at radius 1 is 1.47 bits per heavy atom. The number of rotatable bonds is 3. The van der Waals surface area contributed by atoms with Gasteiger partial charge in [0.2, 0.25) is 0 Å². The Balaban J connectivity index is 2.43. The monoisotopic (exact) mass is 259 g/mol. The molecule has 17 heavy (non-hydrogen) atoms. The van der Waals surface area contributed by atoms with Crippen LogP contribution in [-0.4, -0.2) is 25.5 Å².